The Morgan fingerprint density at radius 1 is 1.04 bits per heavy atom. The highest BCUT2D eigenvalue weighted by Gasteiger charge is 2.22. The molecule has 0 saturated heterocycles. The molecule has 134 valence electrons. The van der Waals surface area contributed by atoms with E-state index >= 15 is 0 Å². The summed E-state index contributed by atoms with van der Waals surface area (Å²) in [5, 5.41) is 3.11. The number of benzene rings is 2. The summed E-state index contributed by atoms with van der Waals surface area (Å²) in [4.78, 5) is 12.7. The van der Waals surface area contributed by atoms with Crippen molar-refractivity contribution in [3.8, 4) is 11.5 Å². The monoisotopic (exact) mass is 341 g/mol. The smallest absolute Gasteiger partial charge is 0.261 e. The van der Waals surface area contributed by atoms with Crippen LogP contribution in [0.15, 0.2) is 48.5 Å². The largest absolute Gasteiger partial charge is 0.497 e. The zero-order valence-electron chi connectivity index (χ0n) is 15.4. The second kappa shape index (κ2) is 9.11. The molecular formula is C21H27NO3. The van der Waals surface area contributed by atoms with Crippen LogP contribution < -0.4 is 14.8 Å². The Labute approximate surface area is 150 Å². The Morgan fingerprint density at radius 2 is 1.72 bits per heavy atom. The summed E-state index contributed by atoms with van der Waals surface area (Å²) < 4.78 is 11.1. The maximum absolute atomic E-state index is 12.7. The molecule has 0 fully saturated rings. The number of methoxy groups -OCH3 is 1. The molecule has 0 aromatic heterocycles. The van der Waals surface area contributed by atoms with Gasteiger partial charge in [-0.1, -0.05) is 44.2 Å². The van der Waals surface area contributed by atoms with Gasteiger partial charge in [0.05, 0.1) is 13.2 Å². The number of ether oxygens (including phenoxy) is 2. The number of para-hydroxylation sites is 1. The van der Waals surface area contributed by atoms with Crippen LogP contribution in [0.3, 0.4) is 0 Å². The molecule has 2 aromatic rings. The lowest BCUT2D eigenvalue weighted by molar-refractivity contribution is -0.129. The first-order chi connectivity index (χ1) is 12.1. The fourth-order valence-corrected chi connectivity index (χ4v) is 2.69. The standard InChI is InChI=1S/C21H27NO3/c1-5-18(16-11-13-17(24-4)14-12-16)22-21(23)19(6-2)25-20-10-8-7-9-15(20)3/h7-14,18-19H,5-6H2,1-4H3,(H,22,23)/t18-,19-/m1/s1. The minimum atomic E-state index is -0.506. The third kappa shape index (κ3) is 4.99. The van der Waals surface area contributed by atoms with Gasteiger partial charge in [-0.05, 0) is 49.1 Å². The van der Waals surface area contributed by atoms with Crippen LogP contribution in [0.25, 0.3) is 0 Å². The number of carbonyl (C=O) groups excluding carboxylic acids is 1. The molecule has 2 rings (SSSR count). The van der Waals surface area contributed by atoms with E-state index in [1.165, 1.54) is 0 Å². The van der Waals surface area contributed by atoms with Gasteiger partial charge in [-0.25, -0.2) is 0 Å². The van der Waals surface area contributed by atoms with Crippen molar-refractivity contribution in [1.82, 2.24) is 5.32 Å². The molecule has 4 nitrogen and oxygen atoms in total. The average Bonchev–Trinajstić information content (AvgIpc) is 2.65. The fraction of sp³-hybridized carbons (Fsp3) is 0.381. The van der Waals surface area contributed by atoms with Crippen molar-refractivity contribution in [2.75, 3.05) is 7.11 Å². The van der Waals surface area contributed by atoms with E-state index in [0.29, 0.717) is 6.42 Å². The summed E-state index contributed by atoms with van der Waals surface area (Å²) >= 11 is 0. The van der Waals surface area contributed by atoms with E-state index in [1.807, 2.05) is 62.4 Å². The maximum atomic E-state index is 12.7. The lowest BCUT2D eigenvalue weighted by Crippen LogP contribution is -2.40. The van der Waals surface area contributed by atoms with E-state index in [0.717, 1.165) is 29.0 Å². The molecule has 0 bridgehead atoms. The van der Waals surface area contributed by atoms with Gasteiger partial charge in [-0.2, -0.15) is 0 Å². The van der Waals surface area contributed by atoms with E-state index in [9.17, 15) is 4.79 Å². The molecule has 1 N–H and O–H groups in total. The first-order valence-electron chi connectivity index (χ1n) is 8.75. The summed E-state index contributed by atoms with van der Waals surface area (Å²) in [7, 11) is 1.64. The fourth-order valence-electron chi connectivity index (χ4n) is 2.69. The van der Waals surface area contributed by atoms with E-state index < -0.39 is 6.10 Å². The predicted octanol–water partition coefficient (Wildman–Crippen LogP) is 4.43. The molecule has 1 amide bonds. The quantitative estimate of drug-likeness (QED) is 0.773. The third-order valence-corrected chi connectivity index (χ3v) is 4.27. The van der Waals surface area contributed by atoms with Gasteiger partial charge in [-0.15, -0.1) is 0 Å². The maximum Gasteiger partial charge on any atom is 0.261 e. The van der Waals surface area contributed by atoms with Gasteiger partial charge in [0.25, 0.3) is 5.91 Å². The summed E-state index contributed by atoms with van der Waals surface area (Å²) in [5.74, 6) is 1.47. The minimum Gasteiger partial charge on any atom is -0.497 e. The van der Waals surface area contributed by atoms with Gasteiger partial charge < -0.3 is 14.8 Å². The van der Waals surface area contributed by atoms with Gasteiger partial charge >= 0.3 is 0 Å². The van der Waals surface area contributed by atoms with Crippen LogP contribution in [-0.4, -0.2) is 19.1 Å². The van der Waals surface area contributed by atoms with Crippen molar-refractivity contribution >= 4 is 5.91 Å². The number of amides is 1. The van der Waals surface area contributed by atoms with E-state index in [2.05, 4.69) is 12.2 Å². The Kier molecular flexibility index (Phi) is 6.87. The molecule has 0 aliphatic rings. The predicted molar refractivity (Wildman–Crippen MR) is 100 cm³/mol. The first kappa shape index (κ1) is 18.8. The first-order valence-corrected chi connectivity index (χ1v) is 8.75. The van der Waals surface area contributed by atoms with E-state index in [1.54, 1.807) is 7.11 Å². The molecule has 2 atom stereocenters. The molecule has 0 radical (unpaired) electrons. The molecule has 0 heterocycles. The van der Waals surface area contributed by atoms with Crippen LogP contribution in [0.5, 0.6) is 11.5 Å². The molecule has 0 aliphatic carbocycles. The van der Waals surface area contributed by atoms with Crippen molar-refractivity contribution in [3.63, 3.8) is 0 Å². The zero-order chi connectivity index (χ0) is 18.2. The highest BCUT2D eigenvalue weighted by Crippen LogP contribution is 2.22. The molecule has 0 unspecified atom stereocenters. The summed E-state index contributed by atoms with van der Waals surface area (Å²) in [6.45, 7) is 5.99. The number of nitrogens with one attached hydrogen (secondary N) is 1. The van der Waals surface area contributed by atoms with Crippen molar-refractivity contribution in [2.45, 2.75) is 45.8 Å². The number of hydrogen-bond acceptors (Lipinski definition) is 3. The van der Waals surface area contributed by atoms with Crippen molar-refractivity contribution < 1.29 is 14.3 Å². The Morgan fingerprint density at radius 3 is 2.28 bits per heavy atom. The van der Waals surface area contributed by atoms with E-state index in [4.69, 9.17) is 9.47 Å². The Hall–Kier alpha value is -2.49. The van der Waals surface area contributed by atoms with Crippen molar-refractivity contribution in [2.24, 2.45) is 0 Å². The summed E-state index contributed by atoms with van der Waals surface area (Å²) in [6.07, 6.45) is 0.909. The highest BCUT2D eigenvalue weighted by molar-refractivity contribution is 5.81. The van der Waals surface area contributed by atoms with Gasteiger partial charge in [0.1, 0.15) is 11.5 Å². The Bertz CT molecular complexity index is 682. The van der Waals surface area contributed by atoms with Crippen LogP contribution in [0.2, 0.25) is 0 Å². The molecule has 2 aromatic carbocycles. The van der Waals surface area contributed by atoms with Crippen LogP contribution in [0.4, 0.5) is 0 Å². The van der Waals surface area contributed by atoms with Crippen molar-refractivity contribution in [3.05, 3.63) is 59.7 Å². The second-order valence-corrected chi connectivity index (χ2v) is 6.02. The number of carbonyl (C=O) groups is 1. The van der Waals surface area contributed by atoms with Gasteiger partial charge in [-0.3, -0.25) is 4.79 Å². The Balaban J connectivity index is 2.06. The van der Waals surface area contributed by atoms with Gasteiger partial charge in [0.15, 0.2) is 6.10 Å². The normalized spacial score (nSPS) is 13.0. The zero-order valence-corrected chi connectivity index (χ0v) is 15.4. The number of rotatable bonds is 8. The van der Waals surface area contributed by atoms with Crippen molar-refractivity contribution in [1.29, 1.82) is 0 Å². The second-order valence-electron chi connectivity index (χ2n) is 6.02. The van der Waals surface area contributed by atoms with E-state index in [-0.39, 0.29) is 11.9 Å². The lowest BCUT2D eigenvalue weighted by Gasteiger charge is -2.23. The number of aryl methyl sites for hydroxylation is 1. The summed E-state index contributed by atoms with van der Waals surface area (Å²) in [5.41, 5.74) is 2.08. The van der Waals surface area contributed by atoms with Crippen LogP contribution >= 0.6 is 0 Å². The van der Waals surface area contributed by atoms with Crippen LogP contribution in [0.1, 0.15) is 43.9 Å². The van der Waals surface area contributed by atoms with Gasteiger partial charge in [0.2, 0.25) is 0 Å². The molecule has 25 heavy (non-hydrogen) atoms. The topological polar surface area (TPSA) is 47.6 Å². The average molecular weight is 341 g/mol. The number of hydrogen-bond donors (Lipinski definition) is 1. The highest BCUT2D eigenvalue weighted by atomic mass is 16.5. The van der Waals surface area contributed by atoms with Crippen LogP contribution in [-0.2, 0) is 4.79 Å². The SMILES string of the molecule is CC[C@@H](Oc1ccccc1C)C(=O)N[C@H](CC)c1ccc(OC)cc1. The lowest BCUT2D eigenvalue weighted by atomic mass is 10.0. The molecule has 4 heteroatoms. The van der Waals surface area contributed by atoms with Gasteiger partial charge in [0, 0.05) is 0 Å². The molecule has 0 saturated carbocycles. The van der Waals surface area contributed by atoms with Crippen LogP contribution in [0, 0.1) is 6.92 Å². The third-order valence-electron chi connectivity index (χ3n) is 4.27. The molecule has 0 spiro atoms. The molecular weight excluding hydrogens is 314 g/mol. The molecule has 0 aliphatic heterocycles. The minimum absolute atomic E-state index is 0.0482. The summed E-state index contributed by atoms with van der Waals surface area (Å²) in [6, 6.07) is 15.5.